The molecule has 9 heteroatoms. The van der Waals surface area contributed by atoms with Crippen molar-refractivity contribution in [3.05, 3.63) is 27.7 Å². The van der Waals surface area contributed by atoms with Gasteiger partial charge >= 0.3 is 0 Å². The minimum Gasteiger partial charge on any atom is -0.508 e. The van der Waals surface area contributed by atoms with Crippen LogP contribution in [-0.4, -0.2) is 49.2 Å². The standard InChI is InChI=1S/C19H28Cl2N2O4S/c1-11(24)18(26)23-6-4-12(5-7-23)14(10-19(2,3)28(22)27)13-8-15(20)16(21)9-17(13)25/h8-9,11-12,14,24-25H,4-7,10,22H2,1-3H3/t11-,14-,28?/m1/s1. The third-order valence-electron chi connectivity index (χ3n) is 5.50. The first-order chi connectivity index (χ1) is 12.9. The Morgan fingerprint density at radius 3 is 2.36 bits per heavy atom. The van der Waals surface area contributed by atoms with Crippen molar-refractivity contribution < 1.29 is 19.2 Å². The summed E-state index contributed by atoms with van der Waals surface area (Å²) in [7, 11) is -1.55. The normalized spacial score (nSPS) is 19.3. The molecule has 1 amide bonds. The van der Waals surface area contributed by atoms with Gasteiger partial charge < -0.3 is 15.1 Å². The summed E-state index contributed by atoms with van der Waals surface area (Å²) in [5.41, 5.74) is 0.647. The number of aliphatic hydroxyl groups is 1. The molecule has 28 heavy (non-hydrogen) atoms. The predicted molar refractivity (Wildman–Crippen MR) is 113 cm³/mol. The Labute approximate surface area is 178 Å². The second-order valence-electron chi connectivity index (χ2n) is 8.03. The highest BCUT2D eigenvalue weighted by Crippen LogP contribution is 2.44. The minimum atomic E-state index is -1.55. The molecule has 1 aliphatic heterocycles. The van der Waals surface area contributed by atoms with Crippen LogP contribution in [0.4, 0.5) is 0 Å². The largest absolute Gasteiger partial charge is 0.508 e. The maximum Gasteiger partial charge on any atom is 0.251 e. The number of rotatable bonds is 6. The number of carbonyl (C=O) groups is 1. The summed E-state index contributed by atoms with van der Waals surface area (Å²) in [5.74, 6) is -0.263. The number of nitrogens with zero attached hydrogens (tertiary/aromatic N) is 1. The van der Waals surface area contributed by atoms with E-state index in [9.17, 15) is 19.2 Å². The van der Waals surface area contributed by atoms with E-state index in [1.54, 1.807) is 11.0 Å². The van der Waals surface area contributed by atoms with Crippen molar-refractivity contribution in [1.29, 1.82) is 0 Å². The summed E-state index contributed by atoms with van der Waals surface area (Å²) >= 11 is 12.2. The number of amides is 1. The molecule has 0 radical (unpaired) electrons. The summed E-state index contributed by atoms with van der Waals surface area (Å²) in [4.78, 5) is 13.7. The van der Waals surface area contributed by atoms with Crippen molar-refractivity contribution >= 4 is 40.1 Å². The van der Waals surface area contributed by atoms with Gasteiger partial charge in [0.2, 0.25) is 0 Å². The summed E-state index contributed by atoms with van der Waals surface area (Å²) in [6.45, 7) is 6.15. The maximum absolute atomic E-state index is 12.0. The molecule has 0 bridgehead atoms. The van der Waals surface area contributed by atoms with E-state index >= 15 is 0 Å². The van der Waals surface area contributed by atoms with Gasteiger partial charge in [-0.15, -0.1) is 0 Å². The molecule has 4 N–H and O–H groups in total. The fourth-order valence-corrected chi connectivity index (χ4v) is 4.45. The average Bonchev–Trinajstić information content (AvgIpc) is 2.62. The van der Waals surface area contributed by atoms with Crippen LogP contribution in [0.2, 0.25) is 10.0 Å². The molecule has 158 valence electrons. The number of likely N-dealkylation sites (tertiary alicyclic amines) is 1. The number of halogens is 2. The van der Waals surface area contributed by atoms with E-state index in [1.807, 2.05) is 13.8 Å². The Balaban J connectivity index is 2.32. The minimum absolute atomic E-state index is 0.0421. The first kappa shape index (κ1) is 23.4. The first-order valence-corrected chi connectivity index (χ1v) is 11.2. The zero-order valence-electron chi connectivity index (χ0n) is 16.3. The summed E-state index contributed by atoms with van der Waals surface area (Å²) in [6, 6.07) is 3.08. The number of piperidine rings is 1. The monoisotopic (exact) mass is 450 g/mol. The van der Waals surface area contributed by atoms with Gasteiger partial charge in [0.05, 0.1) is 25.8 Å². The molecule has 2 rings (SSSR count). The van der Waals surface area contributed by atoms with Crippen LogP contribution in [0.15, 0.2) is 12.1 Å². The summed E-state index contributed by atoms with van der Waals surface area (Å²) < 4.78 is 11.4. The lowest BCUT2D eigenvalue weighted by Gasteiger charge is -2.39. The van der Waals surface area contributed by atoms with Gasteiger partial charge in [0.15, 0.2) is 0 Å². The predicted octanol–water partition coefficient (Wildman–Crippen LogP) is 3.19. The van der Waals surface area contributed by atoms with Crippen molar-refractivity contribution in [3.8, 4) is 5.75 Å². The fourth-order valence-electron chi connectivity index (χ4n) is 3.78. The molecule has 3 atom stereocenters. The van der Waals surface area contributed by atoms with Gasteiger partial charge in [-0.25, -0.2) is 4.21 Å². The van der Waals surface area contributed by atoms with Crippen LogP contribution in [0.5, 0.6) is 5.75 Å². The fraction of sp³-hybridized carbons (Fsp3) is 0.632. The quantitative estimate of drug-likeness (QED) is 0.618. The third-order valence-corrected chi connectivity index (χ3v) is 7.48. The number of hydrogen-bond acceptors (Lipinski definition) is 4. The SMILES string of the molecule is C[C@@H](O)C(=O)N1CCC([C@@H](CC(C)(C)S(N)=O)c2cc(Cl)c(Cl)cc2O)CC1. The van der Waals surface area contributed by atoms with Crippen molar-refractivity contribution in [2.75, 3.05) is 13.1 Å². The molecule has 1 aliphatic rings. The summed E-state index contributed by atoms with van der Waals surface area (Å²) in [5, 5.41) is 26.4. The molecule has 1 unspecified atom stereocenters. The molecule has 1 aromatic rings. The lowest BCUT2D eigenvalue weighted by atomic mass is 9.75. The molecule has 0 saturated carbocycles. The van der Waals surface area contributed by atoms with E-state index in [2.05, 4.69) is 0 Å². The van der Waals surface area contributed by atoms with Crippen LogP contribution in [0.25, 0.3) is 0 Å². The van der Waals surface area contributed by atoms with Crippen LogP contribution in [0, 0.1) is 5.92 Å². The highest BCUT2D eigenvalue weighted by Gasteiger charge is 2.37. The number of carbonyl (C=O) groups excluding carboxylic acids is 1. The molecule has 1 aromatic carbocycles. The van der Waals surface area contributed by atoms with E-state index in [1.165, 1.54) is 13.0 Å². The second-order valence-corrected chi connectivity index (χ2v) is 10.5. The van der Waals surface area contributed by atoms with Crippen LogP contribution >= 0.6 is 23.2 Å². The highest BCUT2D eigenvalue weighted by atomic mass is 35.5. The topological polar surface area (TPSA) is 104 Å². The number of phenols is 1. The van der Waals surface area contributed by atoms with Gasteiger partial charge in [-0.2, -0.15) is 0 Å². The van der Waals surface area contributed by atoms with Gasteiger partial charge in [-0.3, -0.25) is 9.93 Å². The molecule has 0 aliphatic carbocycles. The number of benzene rings is 1. The van der Waals surface area contributed by atoms with Crippen LogP contribution in [-0.2, 0) is 15.8 Å². The van der Waals surface area contributed by atoms with Crippen LogP contribution in [0.3, 0.4) is 0 Å². The van der Waals surface area contributed by atoms with Gasteiger partial charge in [-0.1, -0.05) is 23.2 Å². The van der Waals surface area contributed by atoms with Gasteiger partial charge in [0.1, 0.15) is 11.9 Å². The zero-order chi connectivity index (χ0) is 21.2. The van der Waals surface area contributed by atoms with Gasteiger partial charge in [-0.05, 0) is 63.5 Å². The Morgan fingerprint density at radius 2 is 1.86 bits per heavy atom. The van der Waals surface area contributed by atoms with E-state index in [4.69, 9.17) is 28.3 Å². The van der Waals surface area contributed by atoms with E-state index < -0.39 is 21.8 Å². The average molecular weight is 451 g/mol. The molecule has 1 fully saturated rings. The van der Waals surface area contributed by atoms with E-state index in [-0.39, 0.29) is 28.5 Å². The Bertz CT molecular complexity index is 750. The number of hydrogen-bond donors (Lipinski definition) is 3. The van der Waals surface area contributed by atoms with Gasteiger partial charge in [0, 0.05) is 19.2 Å². The second kappa shape index (κ2) is 9.30. The van der Waals surface area contributed by atoms with E-state index in [0.29, 0.717) is 42.9 Å². The van der Waals surface area contributed by atoms with Crippen molar-refractivity contribution in [1.82, 2.24) is 4.90 Å². The number of phenolic OH excluding ortho intramolecular Hbond substituents is 1. The first-order valence-electron chi connectivity index (χ1n) is 9.25. The third kappa shape index (κ3) is 5.39. The maximum atomic E-state index is 12.0. The molecule has 1 heterocycles. The highest BCUT2D eigenvalue weighted by molar-refractivity contribution is 7.84. The molecule has 0 aromatic heterocycles. The van der Waals surface area contributed by atoms with E-state index in [0.717, 1.165) is 0 Å². The van der Waals surface area contributed by atoms with Crippen molar-refractivity contribution in [2.45, 2.75) is 56.8 Å². The Hall–Kier alpha value is -0.860. The van der Waals surface area contributed by atoms with Crippen LogP contribution in [0.1, 0.15) is 51.5 Å². The zero-order valence-corrected chi connectivity index (χ0v) is 18.7. The van der Waals surface area contributed by atoms with Crippen molar-refractivity contribution in [2.24, 2.45) is 11.1 Å². The molecule has 1 saturated heterocycles. The Morgan fingerprint density at radius 1 is 1.32 bits per heavy atom. The lowest BCUT2D eigenvalue weighted by molar-refractivity contribution is -0.140. The van der Waals surface area contributed by atoms with Crippen molar-refractivity contribution in [3.63, 3.8) is 0 Å². The van der Waals surface area contributed by atoms with Gasteiger partial charge in [0.25, 0.3) is 5.91 Å². The molecule has 6 nitrogen and oxygen atoms in total. The Kier molecular flexibility index (Phi) is 7.78. The lowest BCUT2D eigenvalue weighted by Crippen LogP contribution is -2.44. The molecular weight excluding hydrogens is 423 g/mol. The number of nitrogens with two attached hydrogens (primary N) is 1. The van der Waals surface area contributed by atoms with Crippen LogP contribution < -0.4 is 5.14 Å². The smallest absolute Gasteiger partial charge is 0.251 e. The molecular formula is C19H28Cl2N2O4S. The summed E-state index contributed by atoms with van der Waals surface area (Å²) in [6.07, 6.45) is 0.841. The number of aliphatic hydroxyl groups excluding tert-OH is 1. The number of aromatic hydroxyl groups is 1. The molecule has 0 spiro atoms.